The van der Waals surface area contributed by atoms with Crippen molar-refractivity contribution in [1.82, 2.24) is 4.90 Å². The Balaban J connectivity index is 0.00000225. The van der Waals surface area contributed by atoms with Crippen LogP contribution in [-0.2, 0) is 9.53 Å². The zero-order valence-electron chi connectivity index (χ0n) is 14.9. The first-order chi connectivity index (χ1) is 11.5. The summed E-state index contributed by atoms with van der Waals surface area (Å²) in [5, 5.41) is 0. The highest BCUT2D eigenvalue weighted by atomic mass is 35.5. The molecule has 1 aromatic carbocycles. The van der Waals surface area contributed by atoms with E-state index in [0.29, 0.717) is 0 Å². The van der Waals surface area contributed by atoms with Crippen LogP contribution in [0.2, 0.25) is 0 Å². The summed E-state index contributed by atoms with van der Waals surface area (Å²) < 4.78 is 5.48. The molecule has 25 heavy (non-hydrogen) atoms. The molecule has 2 aliphatic rings. The lowest BCUT2D eigenvalue weighted by Gasteiger charge is -2.37. The summed E-state index contributed by atoms with van der Waals surface area (Å²) in [6.45, 7) is 16.0. The molecule has 2 heterocycles. The number of halogens is 1. The quantitative estimate of drug-likeness (QED) is 0.606. The predicted octanol–water partition coefficient (Wildman–Crippen LogP) is 3.51. The molecular weight excluding hydrogens is 338 g/mol. The van der Waals surface area contributed by atoms with Gasteiger partial charge in [-0.2, -0.15) is 0 Å². The van der Waals surface area contributed by atoms with Crippen molar-refractivity contribution in [3.63, 3.8) is 0 Å². The van der Waals surface area contributed by atoms with Crippen molar-refractivity contribution >= 4 is 29.8 Å². The second-order valence-electron chi connectivity index (χ2n) is 7.33. The molecule has 0 spiro atoms. The third-order valence-corrected chi connectivity index (χ3v) is 5.05. The lowest BCUT2D eigenvalue weighted by Crippen LogP contribution is -2.47. The molecule has 0 bridgehead atoms. The minimum absolute atomic E-state index is 0. The molecule has 1 unspecified atom stereocenters. The molecule has 2 fully saturated rings. The Labute approximate surface area is 156 Å². The van der Waals surface area contributed by atoms with Crippen molar-refractivity contribution in [3.8, 4) is 0 Å². The van der Waals surface area contributed by atoms with E-state index in [1.54, 1.807) is 0 Å². The van der Waals surface area contributed by atoms with Gasteiger partial charge >= 0.3 is 5.97 Å². The van der Waals surface area contributed by atoms with Crippen LogP contribution in [-0.4, -0.2) is 49.7 Å². The summed E-state index contributed by atoms with van der Waals surface area (Å²) in [5.41, 5.74) is 1.44. The van der Waals surface area contributed by atoms with Crippen LogP contribution in [0.4, 0.5) is 11.4 Å². The van der Waals surface area contributed by atoms with Crippen molar-refractivity contribution < 1.29 is 9.53 Å². The van der Waals surface area contributed by atoms with E-state index in [2.05, 4.69) is 14.6 Å². The standard InChI is InChI=1S/C19H25N3O2.ClH/c1-19(2)14-15(24-18(19)23)8-9-21-10-12-22(13-11-21)17-7-5-4-6-16(17)20-3;/h4-7,15H,8-14H2,1-2H3;1H. The second-order valence-corrected chi connectivity index (χ2v) is 7.33. The zero-order valence-corrected chi connectivity index (χ0v) is 15.7. The van der Waals surface area contributed by atoms with Crippen LogP contribution >= 0.6 is 12.4 Å². The maximum atomic E-state index is 11.8. The number of para-hydroxylation sites is 2. The number of carbonyl (C=O) groups excluding carboxylic acids is 1. The first-order valence-electron chi connectivity index (χ1n) is 8.64. The average molecular weight is 364 g/mol. The number of hydrogen-bond donors (Lipinski definition) is 0. The molecule has 0 aromatic heterocycles. The third-order valence-electron chi connectivity index (χ3n) is 5.05. The lowest BCUT2D eigenvalue weighted by atomic mass is 9.89. The number of carbonyl (C=O) groups is 1. The minimum atomic E-state index is -0.327. The molecule has 1 aromatic rings. The number of rotatable bonds is 4. The average Bonchev–Trinajstić information content (AvgIpc) is 2.86. The molecule has 6 heteroatoms. The molecule has 0 saturated carbocycles. The molecule has 3 rings (SSSR count). The van der Waals surface area contributed by atoms with E-state index in [1.807, 2.05) is 38.1 Å². The molecule has 136 valence electrons. The molecule has 0 N–H and O–H groups in total. The van der Waals surface area contributed by atoms with E-state index in [1.165, 1.54) is 0 Å². The molecule has 1 atom stereocenters. The number of hydrogen-bond acceptors (Lipinski definition) is 4. The van der Waals surface area contributed by atoms with Gasteiger partial charge in [-0.05, 0) is 32.8 Å². The number of nitrogens with zero attached hydrogens (tertiary/aromatic N) is 3. The van der Waals surface area contributed by atoms with E-state index in [0.717, 1.165) is 56.9 Å². The van der Waals surface area contributed by atoms with Crippen LogP contribution in [0.5, 0.6) is 0 Å². The van der Waals surface area contributed by atoms with E-state index in [9.17, 15) is 4.79 Å². The van der Waals surface area contributed by atoms with Crippen LogP contribution in [0.1, 0.15) is 26.7 Å². The Kier molecular flexibility index (Phi) is 6.31. The van der Waals surface area contributed by atoms with Gasteiger partial charge in [0.1, 0.15) is 6.10 Å². The highest BCUT2D eigenvalue weighted by Gasteiger charge is 2.41. The third kappa shape index (κ3) is 4.45. The summed E-state index contributed by atoms with van der Waals surface area (Å²) in [6.07, 6.45) is 1.80. The Bertz CT molecular complexity index is 648. The number of anilines is 1. The Morgan fingerprint density at radius 3 is 2.52 bits per heavy atom. The number of ether oxygens (including phenoxy) is 1. The van der Waals surface area contributed by atoms with Crippen LogP contribution in [0.15, 0.2) is 24.3 Å². The van der Waals surface area contributed by atoms with Crippen LogP contribution in [0.25, 0.3) is 4.85 Å². The fourth-order valence-electron chi connectivity index (χ4n) is 3.53. The minimum Gasteiger partial charge on any atom is -0.462 e. The van der Waals surface area contributed by atoms with Crippen molar-refractivity contribution in [1.29, 1.82) is 0 Å². The van der Waals surface area contributed by atoms with E-state index in [4.69, 9.17) is 11.3 Å². The Morgan fingerprint density at radius 2 is 1.92 bits per heavy atom. The topological polar surface area (TPSA) is 37.1 Å². The van der Waals surface area contributed by atoms with Crippen LogP contribution in [0, 0.1) is 12.0 Å². The molecule has 5 nitrogen and oxygen atoms in total. The second kappa shape index (κ2) is 8.07. The Hall–Kier alpha value is -1.77. The summed E-state index contributed by atoms with van der Waals surface area (Å²) in [5.74, 6) is -0.0620. The van der Waals surface area contributed by atoms with Gasteiger partial charge in [-0.15, -0.1) is 12.4 Å². The molecular formula is C19H26ClN3O2. The van der Waals surface area contributed by atoms with Gasteiger partial charge in [-0.1, -0.05) is 18.2 Å². The van der Waals surface area contributed by atoms with Crippen molar-refractivity contribution in [2.45, 2.75) is 32.8 Å². The van der Waals surface area contributed by atoms with Gasteiger partial charge in [0.25, 0.3) is 0 Å². The fourth-order valence-corrected chi connectivity index (χ4v) is 3.53. The molecule has 2 saturated heterocycles. The van der Waals surface area contributed by atoms with Gasteiger partial charge in [0.05, 0.1) is 12.0 Å². The SMILES string of the molecule is Cl.[C-]#[N+]c1ccccc1N1CCN(CCC2CC(C)(C)C(=O)O2)CC1. The van der Waals surface area contributed by atoms with Gasteiger partial charge in [-0.25, -0.2) is 4.85 Å². The summed E-state index contributed by atoms with van der Waals surface area (Å²) in [7, 11) is 0. The summed E-state index contributed by atoms with van der Waals surface area (Å²) in [6, 6.07) is 7.82. The number of piperazine rings is 1. The summed E-state index contributed by atoms with van der Waals surface area (Å²) in [4.78, 5) is 20.1. The smallest absolute Gasteiger partial charge is 0.311 e. The zero-order chi connectivity index (χ0) is 17.2. The number of esters is 1. The van der Waals surface area contributed by atoms with Gasteiger partial charge in [0.2, 0.25) is 5.69 Å². The maximum absolute atomic E-state index is 11.8. The lowest BCUT2D eigenvalue weighted by molar-refractivity contribution is -0.147. The Morgan fingerprint density at radius 1 is 1.24 bits per heavy atom. The van der Waals surface area contributed by atoms with Crippen LogP contribution < -0.4 is 4.90 Å². The molecule has 2 aliphatic heterocycles. The van der Waals surface area contributed by atoms with E-state index in [-0.39, 0.29) is 29.9 Å². The van der Waals surface area contributed by atoms with Crippen molar-refractivity contribution in [2.75, 3.05) is 37.6 Å². The maximum Gasteiger partial charge on any atom is 0.311 e. The normalized spacial score (nSPS) is 22.8. The van der Waals surface area contributed by atoms with Crippen molar-refractivity contribution in [2.24, 2.45) is 5.41 Å². The highest BCUT2D eigenvalue weighted by Crippen LogP contribution is 2.34. The summed E-state index contributed by atoms with van der Waals surface area (Å²) >= 11 is 0. The molecule has 0 aliphatic carbocycles. The van der Waals surface area contributed by atoms with Gasteiger partial charge in [-0.3, -0.25) is 9.69 Å². The predicted molar refractivity (Wildman–Crippen MR) is 102 cm³/mol. The van der Waals surface area contributed by atoms with E-state index < -0.39 is 0 Å². The molecule has 0 amide bonds. The highest BCUT2D eigenvalue weighted by molar-refractivity contribution is 5.85. The first kappa shape index (κ1) is 19.6. The largest absolute Gasteiger partial charge is 0.462 e. The van der Waals surface area contributed by atoms with Crippen LogP contribution in [0.3, 0.4) is 0 Å². The van der Waals surface area contributed by atoms with Crippen molar-refractivity contribution in [3.05, 3.63) is 35.7 Å². The van der Waals surface area contributed by atoms with E-state index >= 15 is 0 Å². The first-order valence-corrected chi connectivity index (χ1v) is 8.64. The molecule has 0 radical (unpaired) electrons. The van der Waals surface area contributed by atoms with Gasteiger partial charge < -0.3 is 9.64 Å². The number of benzene rings is 1. The van der Waals surface area contributed by atoms with Gasteiger partial charge in [0.15, 0.2) is 0 Å². The monoisotopic (exact) mass is 363 g/mol. The van der Waals surface area contributed by atoms with Gasteiger partial charge in [0, 0.05) is 38.4 Å². The fraction of sp³-hybridized carbons (Fsp3) is 0.579. The number of cyclic esters (lactones) is 1.